The third kappa shape index (κ3) is 9.88. The number of hydroxylamine groups is 1. The van der Waals surface area contributed by atoms with Crippen molar-refractivity contribution in [1.29, 1.82) is 0 Å². The molecule has 2 aliphatic rings. The highest BCUT2D eigenvalue weighted by atomic mass is 16.7. The van der Waals surface area contributed by atoms with E-state index in [1.54, 1.807) is 31.4 Å². The Morgan fingerprint density at radius 2 is 1.40 bits per heavy atom. The fourth-order valence-corrected chi connectivity index (χ4v) is 4.37. The van der Waals surface area contributed by atoms with Gasteiger partial charge >= 0.3 is 6.03 Å². The van der Waals surface area contributed by atoms with E-state index in [0.29, 0.717) is 24.5 Å². The molecular formula is C24H41N5O6. The summed E-state index contributed by atoms with van der Waals surface area (Å²) in [4.78, 5) is 28.0. The number of benzene rings is 1. The SMILES string of the molecule is COc1ccc(N(NOCC(O)CN2CCCCC2)C(=O)NOCC(O)CN2CCCCC2)cc1. The second-order valence-electron chi connectivity index (χ2n) is 9.18. The Hall–Kier alpha value is -1.99. The Balaban J connectivity index is 1.46. The smallest absolute Gasteiger partial charge is 0.362 e. The third-order valence-electron chi connectivity index (χ3n) is 6.24. The van der Waals surface area contributed by atoms with E-state index in [1.807, 2.05) is 0 Å². The monoisotopic (exact) mass is 495 g/mol. The van der Waals surface area contributed by atoms with Gasteiger partial charge in [0.15, 0.2) is 0 Å². The number of carbonyl (C=O) groups excluding carboxylic acids is 1. The van der Waals surface area contributed by atoms with Gasteiger partial charge in [-0.05, 0) is 76.1 Å². The average Bonchev–Trinajstić information content (AvgIpc) is 2.88. The number of hydrogen-bond donors (Lipinski definition) is 4. The first kappa shape index (κ1) is 27.6. The van der Waals surface area contributed by atoms with Crippen LogP contribution in [0.25, 0.3) is 0 Å². The van der Waals surface area contributed by atoms with Gasteiger partial charge in [0.05, 0.1) is 31.6 Å². The van der Waals surface area contributed by atoms with Gasteiger partial charge in [-0.25, -0.2) is 15.3 Å². The van der Waals surface area contributed by atoms with Crippen molar-refractivity contribution in [3.8, 4) is 5.75 Å². The molecule has 3 rings (SSSR count). The van der Waals surface area contributed by atoms with E-state index in [4.69, 9.17) is 14.4 Å². The van der Waals surface area contributed by atoms with Gasteiger partial charge in [0, 0.05) is 13.1 Å². The number of aliphatic hydroxyl groups is 2. The van der Waals surface area contributed by atoms with E-state index in [9.17, 15) is 15.0 Å². The lowest BCUT2D eigenvalue weighted by atomic mass is 10.1. The van der Waals surface area contributed by atoms with Gasteiger partial charge in [-0.15, -0.1) is 5.59 Å². The van der Waals surface area contributed by atoms with Crippen LogP contribution < -0.4 is 20.8 Å². The average molecular weight is 496 g/mol. The molecule has 11 heteroatoms. The molecular weight excluding hydrogens is 454 g/mol. The number of rotatable bonds is 13. The van der Waals surface area contributed by atoms with Crippen LogP contribution in [0.3, 0.4) is 0 Å². The van der Waals surface area contributed by atoms with Crippen molar-refractivity contribution in [2.75, 3.05) is 64.6 Å². The number of hydrogen-bond acceptors (Lipinski definition) is 9. The van der Waals surface area contributed by atoms with Gasteiger partial charge in [0.2, 0.25) is 0 Å². The highest BCUT2D eigenvalue weighted by Crippen LogP contribution is 2.18. The summed E-state index contributed by atoms with van der Waals surface area (Å²) >= 11 is 0. The number of likely N-dealkylation sites (tertiary alicyclic amines) is 2. The number of hydrazine groups is 1. The Labute approximate surface area is 207 Å². The number of anilines is 1. The predicted octanol–water partition coefficient (Wildman–Crippen LogP) is 1.27. The molecule has 1 aromatic rings. The minimum Gasteiger partial charge on any atom is -0.497 e. The van der Waals surface area contributed by atoms with Gasteiger partial charge < -0.3 is 24.7 Å². The van der Waals surface area contributed by atoms with Crippen molar-refractivity contribution < 1.29 is 29.4 Å². The number of β-amino-alcohol motifs (C(OH)–C–C–N with tert-alkyl or cyclic N) is 2. The maximum Gasteiger partial charge on any atom is 0.362 e. The third-order valence-corrected chi connectivity index (χ3v) is 6.24. The lowest BCUT2D eigenvalue weighted by Crippen LogP contribution is -2.50. The maximum atomic E-state index is 12.8. The van der Waals surface area contributed by atoms with E-state index in [2.05, 4.69) is 20.9 Å². The number of ether oxygens (including phenoxy) is 1. The van der Waals surface area contributed by atoms with Gasteiger partial charge in [0.1, 0.15) is 12.4 Å². The molecule has 35 heavy (non-hydrogen) atoms. The topological polar surface area (TPSA) is 119 Å². The van der Waals surface area contributed by atoms with Crippen LogP contribution in [0.4, 0.5) is 10.5 Å². The fourth-order valence-electron chi connectivity index (χ4n) is 4.37. The molecule has 1 aromatic carbocycles. The van der Waals surface area contributed by atoms with Crippen molar-refractivity contribution in [3.63, 3.8) is 0 Å². The molecule has 2 atom stereocenters. The number of piperidine rings is 2. The summed E-state index contributed by atoms with van der Waals surface area (Å²) in [6.07, 6.45) is 5.62. The summed E-state index contributed by atoms with van der Waals surface area (Å²) in [5, 5.41) is 21.7. The first-order valence-corrected chi connectivity index (χ1v) is 12.6. The van der Waals surface area contributed by atoms with Crippen LogP contribution in [0.2, 0.25) is 0 Å². The van der Waals surface area contributed by atoms with Crippen molar-refractivity contribution in [2.24, 2.45) is 0 Å². The molecule has 0 radical (unpaired) electrons. The van der Waals surface area contributed by atoms with Gasteiger partial charge in [0.25, 0.3) is 0 Å². The van der Waals surface area contributed by atoms with Gasteiger partial charge in [-0.2, -0.15) is 0 Å². The minimum absolute atomic E-state index is 0.00579. The quantitative estimate of drug-likeness (QED) is 0.300. The molecule has 11 nitrogen and oxygen atoms in total. The summed E-state index contributed by atoms with van der Waals surface area (Å²) < 4.78 is 5.18. The summed E-state index contributed by atoms with van der Waals surface area (Å²) in [5.74, 6) is 0.643. The largest absolute Gasteiger partial charge is 0.497 e. The first-order valence-electron chi connectivity index (χ1n) is 12.6. The summed E-state index contributed by atoms with van der Waals surface area (Å²) in [7, 11) is 1.56. The maximum absolute atomic E-state index is 12.8. The van der Waals surface area contributed by atoms with Gasteiger partial charge in [-0.3, -0.25) is 9.68 Å². The molecule has 4 N–H and O–H groups in total. The van der Waals surface area contributed by atoms with Gasteiger partial charge in [-0.1, -0.05) is 12.8 Å². The van der Waals surface area contributed by atoms with Crippen LogP contribution in [-0.4, -0.2) is 97.8 Å². The molecule has 0 aromatic heterocycles. The highest BCUT2D eigenvalue weighted by molar-refractivity contribution is 5.90. The van der Waals surface area contributed by atoms with E-state index in [0.717, 1.165) is 56.9 Å². The van der Waals surface area contributed by atoms with Crippen LogP contribution in [-0.2, 0) is 9.68 Å². The van der Waals surface area contributed by atoms with Crippen LogP contribution in [0, 0.1) is 0 Å². The molecule has 0 bridgehead atoms. The number of methoxy groups -OCH3 is 1. The number of nitrogens with zero attached hydrogens (tertiary/aromatic N) is 3. The molecule has 2 unspecified atom stereocenters. The lowest BCUT2D eigenvalue weighted by Gasteiger charge is -2.29. The Bertz CT molecular complexity index is 728. The Kier molecular flexibility index (Phi) is 12.0. The summed E-state index contributed by atoms with van der Waals surface area (Å²) in [6.45, 7) is 4.90. The minimum atomic E-state index is -0.711. The molecule has 2 fully saturated rings. The van der Waals surface area contributed by atoms with Crippen molar-refractivity contribution >= 4 is 11.7 Å². The predicted molar refractivity (Wildman–Crippen MR) is 132 cm³/mol. The molecule has 0 spiro atoms. The van der Waals surface area contributed by atoms with E-state index >= 15 is 0 Å². The second kappa shape index (κ2) is 15.2. The van der Waals surface area contributed by atoms with Crippen molar-refractivity contribution in [1.82, 2.24) is 20.9 Å². The number of nitrogens with one attached hydrogen (secondary N) is 2. The number of amides is 2. The number of carbonyl (C=O) groups is 1. The normalized spacial score (nSPS) is 19.2. The second-order valence-corrected chi connectivity index (χ2v) is 9.18. The molecule has 0 aliphatic carbocycles. The lowest BCUT2D eigenvalue weighted by molar-refractivity contribution is -0.0387. The fraction of sp³-hybridized carbons (Fsp3) is 0.708. The van der Waals surface area contributed by atoms with Crippen LogP contribution in [0.1, 0.15) is 38.5 Å². The Morgan fingerprint density at radius 1 is 0.886 bits per heavy atom. The Morgan fingerprint density at radius 3 is 1.91 bits per heavy atom. The van der Waals surface area contributed by atoms with E-state index in [1.165, 1.54) is 12.8 Å². The summed E-state index contributed by atoms with van der Waals surface area (Å²) in [6, 6.07) is 6.16. The van der Waals surface area contributed by atoms with Crippen molar-refractivity contribution in [2.45, 2.75) is 50.7 Å². The van der Waals surface area contributed by atoms with Crippen LogP contribution in [0.15, 0.2) is 24.3 Å². The molecule has 2 aliphatic heterocycles. The van der Waals surface area contributed by atoms with E-state index < -0.39 is 18.2 Å². The summed E-state index contributed by atoms with van der Waals surface area (Å²) in [5.41, 5.74) is 5.42. The zero-order valence-electron chi connectivity index (χ0n) is 20.7. The standard InChI is InChI=1S/C24H41N5O6/c1-33-23-10-8-20(9-11-23)29(26-35-19-22(31)17-28-14-6-3-7-15-28)24(32)25-34-18-21(30)16-27-12-4-2-5-13-27/h8-11,21-22,26,30-31H,2-7,12-19H2,1H3,(H,25,32). The molecule has 198 valence electrons. The number of aliphatic hydroxyl groups excluding tert-OH is 2. The molecule has 2 amide bonds. The number of urea groups is 1. The zero-order chi connectivity index (χ0) is 24.9. The van der Waals surface area contributed by atoms with E-state index in [-0.39, 0.29) is 13.2 Å². The zero-order valence-corrected chi connectivity index (χ0v) is 20.7. The first-order chi connectivity index (χ1) is 17.0. The molecule has 2 heterocycles. The molecule has 0 saturated carbocycles. The van der Waals surface area contributed by atoms with Crippen molar-refractivity contribution in [3.05, 3.63) is 24.3 Å². The molecule has 2 saturated heterocycles. The van der Waals surface area contributed by atoms with Crippen LogP contribution in [0.5, 0.6) is 5.75 Å². The highest BCUT2D eigenvalue weighted by Gasteiger charge is 2.20. The van der Waals surface area contributed by atoms with Crippen LogP contribution >= 0.6 is 0 Å².